The minimum Gasteiger partial charge on any atom is -0.355 e. The fourth-order valence-electron chi connectivity index (χ4n) is 2.67. The quantitative estimate of drug-likeness (QED) is 0.859. The molecule has 1 N–H and O–H groups in total. The monoisotopic (exact) mass is 246 g/mol. The molecule has 3 rings (SSSR count). The third-order valence-electron chi connectivity index (χ3n) is 3.89. The molecule has 1 aromatic rings. The van der Waals surface area contributed by atoms with Crippen LogP contribution in [-0.2, 0) is 0 Å². The number of hydrogen-bond donors (Lipinski definition) is 1. The maximum atomic E-state index is 4.45. The SMILES string of the molecule is Cc1cc(N(CC2CC2)CC2CCCN2)ncn1. The largest absolute Gasteiger partial charge is 0.355 e. The molecule has 2 aliphatic rings. The molecule has 0 spiro atoms. The second kappa shape index (κ2) is 5.22. The number of anilines is 1. The van der Waals surface area contributed by atoms with E-state index in [1.165, 1.54) is 32.2 Å². The molecule has 0 aromatic carbocycles. The normalized spacial score (nSPS) is 23.3. The summed E-state index contributed by atoms with van der Waals surface area (Å²) in [4.78, 5) is 11.1. The third-order valence-corrected chi connectivity index (χ3v) is 3.89. The molecular weight excluding hydrogens is 224 g/mol. The van der Waals surface area contributed by atoms with Gasteiger partial charge in [-0.3, -0.25) is 0 Å². The number of rotatable bonds is 5. The maximum absolute atomic E-state index is 4.45. The van der Waals surface area contributed by atoms with Crippen LogP contribution in [-0.4, -0.2) is 35.6 Å². The predicted molar refractivity (Wildman–Crippen MR) is 72.7 cm³/mol. The zero-order valence-corrected chi connectivity index (χ0v) is 11.1. The summed E-state index contributed by atoms with van der Waals surface area (Å²) >= 11 is 0. The van der Waals surface area contributed by atoms with Crippen molar-refractivity contribution in [3.05, 3.63) is 18.1 Å². The molecule has 1 aliphatic heterocycles. The molecular formula is C14H22N4. The van der Waals surface area contributed by atoms with Gasteiger partial charge in [0.25, 0.3) is 0 Å². The summed E-state index contributed by atoms with van der Waals surface area (Å²) in [5.74, 6) is 1.99. The summed E-state index contributed by atoms with van der Waals surface area (Å²) in [6.07, 6.45) is 7.07. The highest BCUT2D eigenvalue weighted by Crippen LogP contribution is 2.31. The van der Waals surface area contributed by atoms with Crippen molar-refractivity contribution in [2.24, 2.45) is 5.92 Å². The third kappa shape index (κ3) is 2.99. The van der Waals surface area contributed by atoms with Crippen LogP contribution in [0.2, 0.25) is 0 Å². The standard InChI is InChI=1S/C14H22N4/c1-11-7-14(17-10-16-11)18(8-12-4-5-12)9-13-3-2-6-15-13/h7,10,12-13,15H,2-6,8-9H2,1H3. The molecule has 1 aromatic heterocycles. The van der Waals surface area contributed by atoms with Gasteiger partial charge in [0.05, 0.1) is 0 Å². The molecule has 1 saturated heterocycles. The minimum atomic E-state index is 0.638. The second-order valence-electron chi connectivity index (χ2n) is 5.66. The Morgan fingerprint density at radius 2 is 2.17 bits per heavy atom. The average Bonchev–Trinajstić information content (AvgIpc) is 3.03. The van der Waals surface area contributed by atoms with E-state index < -0.39 is 0 Å². The van der Waals surface area contributed by atoms with Gasteiger partial charge >= 0.3 is 0 Å². The van der Waals surface area contributed by atoms with Crippen LogP contribution >= 0.6 is 0 Å². The Morgan fingerprint density at radius 3 is 2.83 bits per heavy atom. The molecule has 4 nitrogen and oxygen atoms in total. The van der Waals surface area contributed by atoms with Gasteiger partial charge in [-0.2, -0.15) is 0 Å². The minimum absolute atomic E-state index is 0.638. The zero-order valence-electron chi connectivity index (χ0n) is 11.1. The maximum Gasteiger partial charge on any atom is 0.132 e. The predicted octanol–water partition coefficient (Wildman–Crippen LogP) is 1.75. The number of nitrogens with zero attached hydrogens (tertiary/aromatic N) is 3. The molecule has 2 fully saturated rings. The Kier molecular flexibility index (Phi) is 3.46. The number of hydrogen-bond acceptors (Lipinski definition) is 4. The lowest BCUT2D eigenvalue weighted by molar-refractivity contribution is 0.566. The van der Waals surface area contributed by atoms with Gasteiger partial charge in [0.2, 0.25) is 0 Å². The molecule has 1 saturated carbocycles. The van der Waals surface area contributed by atoms with Gasteiger partial charge in [-0.1, -0.05) is 0 Å². The molecule has 0 radical (unpaired) electrons. The van der Waals surface area contributed by atoms with Crippen molar-refractivity contribution >= 4 is 5.82 Å². The first-order valence-corrected chi connectivity index (χ1v) is 7.08. The van der Waals surface area contributed by atoms with Crippen molar-refractivity contribution in [2.75, 3.05) is 24.5 Å². The first kappa shape index (κ1) is 11.9. The Bertz CT molecular complexity index is 397. The highest BCUT2D eigenvalue weighted by atomic mass is 15.2. The fraction of sp³-hybridized carbons (Fsp3) is 0.714. The lowest BCUT2D eigenvalue weighted by Crippen LogP contribution is -2.39. The van der Waals surface area contributed by atoms with Gasteiger partial charge in [-0.25, -0.2) is 9.97 Å². The van der Waals surface area contributed by atoms with E-state index in [2.05, 4.69) is 26.3 Å². The summed E-state index contributed by atoms with van der Waals surface area (Å²) in [6.45, 7) is 5.46. The van der Waals surface area contributed by atoms with Gasteiger partial charge < -0.3 is 10.2 Å². The Hall–Kier alpha value is -1.16. The van der Waals surface area contributed by atoms with E-state index in [4.69, 9.17) is 0 Å². The first-order valence-electron chi connectivity index (χ1n) is 7.08. The average molecular weight is 246 g/mol. The summed E-state index contributed by atoms with van der Waals surface area (Å²) in [7, 11) is 0. The molecule has 4 heteroatoms. The lowest BCUT2D eigenvalue weighted by Gasteiger charge is -2.27. The number of aryl methyl sites for hydroxylation is 1. The van der Waals surface area contributed by atoms with Gasteiger partial charge in [-0.05, 0) is 45.1 Å². The van der Waals surface area contributed by atoms with Crippen LogP contribution in [0.5, 0.6) is 0 Å². The number of aromatic nitrogens is 2. The van der Waals surface area contributed by atoms with Gasteiger partial charge in [0.15, 0.2) is 0 Å². The van der Waals surface area contributed by atoms with Crippen molar-refractivity contribution < 1.29 is 0 Å². The fourth-order valence-corrected chi connectivity index (χ4v) is 2.67. The Labute approximate surface area is 109 Å². The Morgan fingerprint density at radius 1 is 1.28 bits per heavy atom. The van der Waals surface area contributed by atoms with Crippen molar-refractivity contribution in [1.29, 1.82) is 0 Å². The molecule has 2 heterocycles. The summed E-state index contributed by atoms with van der Waals surface area (Å²) in [6, 6.07) is 2.75. The van der Waals surface area contributed by atoms with E-state index in [1.807, 2.05) is 6.92 Å². The van der Waals surface area contributed by atoms with Crippen molar-refractivity contribution in [3.8, 4) is 0 Å². The Balaban J connectivity index is 1.70. The molecule has 1 aliphatic carbocycles. The topological polar surface area (TPSA) is 41.0 Å². The molecule has 0 bridgehead atoms. The van der Waals surface area contributed by atoms with E-state index in [9.17, 15) is 0 Å². The smallest absolute Gasteiger partial charge is 0.132 e. The van der Waals surface area contributed by atoms with E-state index in [0.29, 0.717) is 6.04 Å². The van der Waals surface area contributed by atoms with Crippen LogP contribution < -0.4 is 10.2 Å². The van der Waals surface area contributed by atoms with Crippen LogP contribution in [0.4, 0.5) is 5.82 Å². The molecule has 98 valence electrons. The van der Waals surface area contributed by atoms with E-state index in [1.54, 1.807) is 6.33 Å². The van der Waals surface area contributed by atoms with E-state index >= 15 is 0 Å². The van der Waals surface area contributed by atoms with E-state index in [0.717, 1.165) is 30.5 Å². The second-order valence-corrected chi connectivity index (χ2v) is 5.66. The zero-order chi connectivity index (χ0) is 12.4. The van der Waals surface area contributed by atoms with Crippen molar-refractivity contribution in [2.45, 2.75) is 38.6 Å². The van der Waals surface area contributed by atoms with Crippen LogP contribution in [0.1, 0.15) is 31.4 Å². The molecule has 1 atom stereocenters. The highest BCUT2D eigenvalue weighted by Gasteiger charge is 2.27. The lowest BCUT2D eigenvalue weighted by atomic mass is 10.2. The molecule has 1 unspecified atom stereocenters. The van der Waals surface area contributed by atoms with Gasteiger partial charge in [0.1, 0.15) is 12.1 Å². The van der Waals surface area contributed by atoms with Gasteiger partial charge in [-0.15, -0.1) is 0 Å². The highest BCUT2D eigenvalue weighted by molar-refractivity contribution is 5.39. The summed E-state index contributed by atoms with van der Waals surface area (Å²) < 4.78 is 0. The molecule has 18 heavy (non-hydrogen) atoms. The molecule has 0 amide bonds. The van der Waals surface area contributed by atoms with Crippen LogP contribution in [0.3, 0.4) is 0 Å². The summed E-state index contributed by atoms with van der Waals surface area (Å²) in [5, 5.41) is 3.58. The van der Waals surface area contributed by atoms with Crippen molar-refractivity contribution in [3.63, 3.8) is 0 Å². The van der Waals surface area contributed by atoms with Gasteiger partial charge in [0, 0.05) is 30.9 Å². The van der Waals surface area contributed by atoms with Crippen LogP contribution in [0, 0.1) is 12.8 Å². The van der Waals surface area contributed by atoms with Crippen LogP contribution in [0.25, 0.3) is 0 Å². The summed E-state index contributed by atoms with van der Waals surface area (Å²) in [5.41, 5.74) is 1.06. The van der Waals surface area contributed by atoms with E-state index in [-0.39, 0.29) is 0 Å². The number of nitrogens with one attached hydrogen (secondary N) is 1. The van der Waals surface area contributed by atoms with Crippen molar-refractivity contribution in [1.82, 2.24) is 15.3 Å². The van der Waals surface area contributed by atoms with Crippen LogP contribution in [0.15, 0.2) is 12.4 Å². The first-order chi connectivity index (χ1) is 8.81.